The highest BCUT2D eigenvalue weighted by molar-refractivity contribution is 4.59. The standard InChI is InChI=1S/C16H33O/c1-3-5-7-9-10-12-14-16(15-17)13-11-8-6-4-2/h16H,3-15H2,1-2H3. The number of hydrogen-bond donors (Lipinski definition) is 0. The summed E-state index contributed by atoms with van der Waals surface area (Å²) in [5.74, 6) is 0.470. The maximum absolute atomic E-state index is 11.1. The third-order valence-corrected chi connectivity index (χ3v) is 3.67. The average Bonchev–Trinajstić information content (AvgIpc) is 2.36. The Kier molecular flexibility index (Phi) is 14.0. The van der Waals surface area contributed by atoms with Crippen molar-refractivity contribution >= 4 is 0 Å². The summed E-state index contributed by atoms with van der Waals surface area (Å²) in [6, 6.07) is 0. The second-order valence-electron chi connectivity index (χ2n) is 5.44. The van der Waals surface area contributed by atoms with Gasteiger partial charge in [-0.2, -0.15) is 0 Å². The van der Waals surface area contributed by atoms with E-state index in [2.05, 4.69) is 13.8 Å². The van der Waals surface area contributed by atoms with Gasteiger partial charge >= 0.3 is 0 Å². The summed E-state index contributed by atoms with van der Waals surface area (Å²) in [5.41, 5.74) is 0. The summed E-state index contributed by atoms with van der Waals surface area (Å²) in [7, 11) is 0. The van der Waals surface area contributed by atoms with Gasteiger partial charge in [0.05, 0.1) is 6.61 Å². The molecule has 0 aromatic carbocycles. The Hall–Kier alpha value is -0.0400. The van der Waals surface area contributed by atoms with E-state index in [1.807, 2.05) is 0 Å². The highest BCUT2D eigenvalue weighted by Gasteiger charge is 2.07. The van der Waals surface area contributed by atoms with Crippen LogP contribution in [0.4, 0.5) is 0 Å². The molecular weight excluding hydrogens is 208 g/mol. The number of hydrogen-bond acceptors (Lipinski definition) is 0. The summed E-state index contributed by atoms with van der Waals surface area (Å²) in [5, 5.41) is 11.1. The molecule has 0 aliphatic rings. The van der Waals surface area contributed by atoms with Crippen molar-refractivity contribution in [2.45, 2.75) is 90.9 Å². The molecule has 17 heavy (non-hydrogen) atoms. The minimum atomic E-state index is 0.154. The topological polar surface area (TPSA) is 19.9 Å². The molecule has 1 radical (unpaired) electrons. The molecule has 0 aliphatic heterocycles. The van der Waals surface area contributed by atoms with Crippen LogP contribution in [0.15, 0.2) is 0 Å². The van der Waals surface area contributed by atoms with E-state index in [0.29, 0.717) is 5.92 Å². The van der Waals surface area contributed by atoms with Gasteiger partial charge in [0.25, 0.3) is 0 Å². The molecule has 0 N–H and O–H groups in total. The van der Waals surface area contributed by atoms with E-state index in [0.717, 1.165) is 0 Å². The second-order valence-corrected chi connectivity index (χ2v) is 5.44. The van der Waals surface area contributed by atoms with Gasteiger partial charge in [-0.05, 0) is 18.8 Å². The molecule has 0 aromatic heterocycles. The van der Waals surface area contributed by atoms with Crippen LogP contribution in [-0.4, -0.2) is 6.61 Å². The third kappa shape index (κ3) is 12.2. The third-order valence-electron chi connectivity index (χ3n) is 3.67. The van der Waals surface area contributed by atoms with Gasteiger partial charge in [-0.25, -0.2) is 5.11 Å². The molecule has 1 unspecified atom stereocenters. The Morgan fingerprint density at radius 2 is 1.06 bits per heavy atom. The Morgan fingerprint density at radius 1 is 0.647 bits per heavy atom. The lowest BCUT2D eigenvalue weighted by Gasteiger charge is -2.12. The van der Waals surface area contributed by atoms with Crippen LogP contribution in [0.25, 0.3) is 0 Å². The first-order valence-electron chi connectivity index (χ1n) is 7.93. The van der Waals surface area contributed by atoms with Crippen LogP contribution < -0.4 is 0 Å². The van der Waals surface area contributed by atoms with Gasteiger partial charge in [-0.3, -0.25) is 0 Å². The van der Waals surface area contributed by atoms with Gasteiger partial charge in [0.15, 0.2) is 0 Å². The fraction of sp³-hybridized carbons (Fsp3) is 1.00. The van der Waals surface area contributed by atoms with Gasteiger partial charge in [0.2, 0.25) is 0 Å². The van der Waals surface area contributed by atoms with Crippen molar-refractivity contribution in [1.82, 2.24) is 0 Å². The summed E-state index contributed by atoms with van der Waals surface area (Å²) in [6.45, 7) is 4.65. The monoisotopic (exact) mass is 241 g/mol. The van der Waals surface area contributed by atoms with Crippen molar-refractivity contribution in [3.8, 4) is 0 Å². The Labute approximate surface area is 109 Å². The van der Waals surface area contributed by atoms with Crippen molar-refractivity contribution in [2.24, 2.45) is 5.92 Å². The predicted molar refractivity (Wildman–Crippen MR) is 75.8 cm³/mol. The molecular formula is C16H33O. The zero-order chi connectivity index (χ0) is 12.8. The zero-order valence-corrected chi connectivity index (χ0v) is 12.2. The maximum atomic E-state index is 11.1. The normalized spacial score (nSPS) is 12.9. The van der Waals surface area contributed by atoms with Crippen LogP contribution in [-0.2, 0) is 5.11 Å². The molecule has 0 aromatic rings. The van der Waals surface area contributed by atoms with Crippen molar-refractivity contribution in [2.75, 3.05) is 6.61 Å². The first-order valence-corrected chi connectivity index (χ1v) is 7.93. The Bertz CT molecular complexity index is 133. The SMILES string of the molecule is CCCCCCCCC(C[O])CCCCCC. The van der Waals surface area contributed by atoms with Crippen LogP contribution in [0.2, 0.25) is 0 Å². The van der Waals surface area contributed by atoms with Crippen LogP contribution >= 0.6 is 0 Å². The first-order chi connectivity index (χ1) is 8.35. The van der Waals surface area contributed by atoms with E-state index in [9.17, 15) is 5.11 Å². The molecule has 1 heteroatoms. The number of rotatable bonds is 13. The Balaban J connectivity index is 3.28. The lowest BCUT2D eigenvalue weighted by Crippen LogP contribution is -2.05. The van der Waals surface area contributed by atoms with Gasteiger partial charge < -0.3 is 0 Å². The van der Waals surface area contributed by atoms with Crippen LogP contribution in [0.3, 0.4) is 0 Å². The smallest absolute Gasteiger partial charge is 0.0850 e. The van der Waals surface area contributed by atoms with Gasteiger partial charge in [0, 0.05) is 0 Å². The van der Waals surface area contributed by atoms with E-state index in [1.165, 1.54) is 77.0 Å². The highest BCUT2D eigenvalue weighted by atomic mass is 16.3. The van der Waals surface area contributed by atoms with Crippen LogP contribution in [0.1, 0.15) is 90.9 Å². The first kappa shape index (κ1) is 17.0. The van der Waals surface area contributed by atoms with Crippen molar-refractivity contribution < 1.29 is 5.11 Å². The quantitative estimate of drug-likeness (QED) is 0.366. The summed E-state index contributed by atoms with van der Waals surface area (Å²) < 4.78 is 0. The molecule has 103 valence electrons. The number of unbranched alkanes of at least 4 members (excludes halogenated alkanes) is 8. The highest BCUT2D eigenvalue weighted by Crippen LogP contribution is 2.18. The fourth-order valence-electron chi connectivity index (χ4n) is 2.38. The minimum absolute atomic E-state index is 0.154. The molecule has 0 aliphatic carbocycles. The second kappa shape index (κ2) is 14.0. The van der Waals surface area contributed by atoms with E-state index < -0.39 is 0 Å². The average molecular weight is 241 g/mol. The summed E-state index contributed by atoms with van der Waals surface area (Å²) in [6.07, 6.45) is 15.7. The van der Waals surface area contributed by atoms with Crippen LogP contribution in [0.5, 0.6) is 0 Å². The minimum Gasteiger partial charge on any atom is -0.236 e. The largest absolute Gasteiger partial charge is 0.236 e. The van der Waals surface area contributed by atoms with Crippen LogP contribution in [0, 0.1) is 5.92 Å². The van der Waals surface area contributed by atoms with E-state index in [4.69, 9.17) is 0 Å². The molecule has 0 bridgehead atoms. The lowest BCUT2D eigenvalue weighted by atomic mass is 9.95. The molecule has 0 amide bonds. The van der Waals surface area contributed by atoms with E-state index in [-0.39, 0.29) is 6.61 Å². The van der Waals surface area contributed by atoms with Gasteiger partial charge in [0.1, 0.15) is 0 Å². The van der Waals surface area contributed by atoms with E-state index in [1.54, 1.807) is 0 Å². The molecule has 0 rings (SSSR count). The molecule has 0 saturated carbocycles. The predicted octanol–water partition coefficient (Wildman–Crippen LogP) is 5.75. The van der Waals surface area contributed by atoms with Gasteiger partial charge in [-0.15, -0.1) is 0 Å². The fourth-order valence-corrected chi connectivity index (χ4v) is 2.38. The molecule has 0 heterocycles. The molecule has 0 saturated heterocycles. The van der Waals surface area contributed by atoms with Crippen molar-refractivity contribution in [1.29, 1.82) is 0 Å². The molecule has 0 fully saturated rings. The maximum Gasteiger partial charge on any atom is 0.0850 e. The van der Waals surface area contributed by atoms with Gasteiger partial charge in [-0.1, -0.05) is 78.1 Å². The van der Waals surface area contributed by atoms with Crippen molar-refractivity contribution in [3.05, 3.63) is 0 Å². The van der Waals surface area contributed by atoms with Crippen molar-refractivity contribution in [3.63, 3.8) is 0 Å². The molecule has 1 nitrogen and oxygen atoms in total. The lowest BCUT2D eigenvalue weighted by molar-refractivity contribution is 0.130. The Morgan fingerprint density at radius 3 is 1.53 bits per heavy atom. The molecule has 0 spiro atoms. The van der Waals surface area contributed by atoms with E-state index >= 15 is 0 Å². The molecule has 1 atom stereocenters. The summed E-state index contributed by atoms with van der Waals surface area (Å²) >= 11 is 0. The summed E-state index contributed by atoms with van der Waals surface area (Å²) in [4.78, 5) is 0. The zero-order valence-electron chi connectivity index (χ0n) is 12.2.